The van der Waals surface area contributed by atoms with Gasteiger partial charge in [-0.1, -0.05) is 57.2 Å². The van der Waals surface area contributed by atoms with Crippen LogP contribution in [0, 0.1) is 0 Å². The molecule has 0 aromatic heterocycles. The topological polar surface area (TPSA) is 53.5 Å². The molecular weight excluding hydrogens is 236 g/mol. The van der Waals surface area contributed by atoms with Gasteiger partial charge in [0.1, 0.15) is 0 Å². The van der Waals surface area contributed by atoms with Gasteiger partial charge in [-0.25, -0.2) is 0 Å². The molecule has 1 rings (SSSR count). The third-order valence-electron chi connectivity index (χ3n) is 2.85. The second kappa shape index (κ2) is 6.81. The molecule has 0 N–H and O–H groups in total. The van der Waals surface area contributed by atoms with Crippen LogP contribution in [-0.4, -0.2) is 16.8 Å². The second-order valence-electron chi connectivity index (χ2n) is 5.52. The fourth-order valence-electron chi connectivity index (χ4n) is 1.67. The van der Waals surface area contributed by atoms with Gasteiger partial charge >= 0.3 is 6.21 Å². The van der Waals surface area contributed by atoms with E-state index in [0.29, 0.717) is 12.8 Å². The fourth-order valence-corrected chi connectivity index (χ4v) is 1.67. The van der Waals surface area contributed by atoms with Crippen molar-refractivity contribution in [3.05, 3.63) is 47.0 Å². The summed E-state index contributed by atoms with van der Waals surface area (Å²) in [5.74, 6) is -0.171. The second-order valence-corrected chi connectivity index (χ2v) is 5.52. The lowest BCUT2D eigenvalue weighted by Crippen LogP contribution is -2.10. The van der Waals surface area contributed by atoms with Crippen LogP contribution in [0.25, 0.3) is 11.6 Å². The minimum absolute atomic E-state index is 0.165. The molecule has 0 unspecified atom stereocenters. The number of benzene rings is 1. The van der Waals surface area contributed by atoms with Crippen LogP contribution >= 0.6 is 0 Å². The van der Waals surface area contributed by atoms with E-state index in [1.165, 1.54) is 5.56 Å². The summed E-state index contributed by atoms with van der Waals surface area (Å²) in [6.07, 6.45) is 5.89. The van der Waals surface area contributed by atoms with E-state index in [1.807, 2.05) is 12.2 Å². The summed E-state index contributed by atoms with van der Waals surface area (Å²) in [4.78, 5) is 13.8. The van der Waals surface area contributed by atoms with Crippen LogP contribution in [-0.2, 0) is 10.2 Å². The van der Waals surface area contributed by atoms with Crippen LogP contribution in [0.3, 0.4) is 0 Å². The Balaban J connectivity index is 2.54. The zero-order valence-corrected chi connectivity index (χ0v) is 11.8. The Kier molecular flexibility index (Phi) is 5.40. The molecule has 0 aliphatic carbocycles. The van der Waals surface area contributed by atoms with Gasteiger partial charge in [-0.2, -0.15) is 4.79 Å². The van der Waals surface area contributed by atoms with Crippen molar-refractivity contribution in [3.63, 3.8) is 0 Å². The summed E-state index contributed by atoms with van der Waals surface area (Å²) >= 11 is 0. The average Bonchev–Trinajstić information content (AvgIpc) is 2.34. The van der Waals surface area contributed by atoms with Crippen LogP contribution in [0.4, 0.5) is 0 Å². The Morgan fingerprint density at radius 3 is 2.42 bits per heavy atom. The summed E-state index contributed by atoms with van der Waals surface area (Å²) in [6.45, 7) is 6.56. The largest absolute Gasteiger partial charge is 0.361 e. The SMILES string of the molecule is CC(C)(C)c1ccc(/C=C/CCC(=O)C=[N+]=[N-])cc1. The molecule has 3 nitrogen and oxygen atoms in total. The lowest BCUT2D eigenvalue weighted by atomic mass is 9.87. The highest BCUT2D eigenvalue weighted by atomic mass is 16.1. The number of allylic oxidation sites excluding steroid dienone is 1. The first-order chi connectivity index (χ1) is 8.93. The molecular formula is C16H20N2O. The van der Waals surface area contributed by atoms with Crippen molar-refractivity contribution in [2.75, 3.05) is 0 Å². The molecule has 0 spiro atoms. The molecule has 1 aromatic carbocycles. The maximum Gasteiger partial charge on any atom is 0.323 e. The van der Waals surface area contributed by atoms with Gasteiger partial charge in [0.2, 0.25) is 5.78 Å². The third kappa shape index (κ3) is 5.45. The maximum absolute atomic E-state index is 11.1. The number of Topliss-reactive ketones (excluding diaryl/α,β-unsaturated/α-hetero) is 1. The summed E-state index contributed by atoms with van der Waals surface area (Å²) in [5.41, 5.74) is 10.8. The molecule has 3 heteroatoms. The first kappa shape index (κ1) is 15.1. The highest BCUT2D eigenvalue weighted by Crippen LogP contribution is 2.22. The fraction of sp³-hybridized carbons (Fsp3) is 0.375. The van der Waals surface area contributed by atoms with Crippen molar-refractivity contribution in [3.8, 4) is 0 Å². The lowest BCUT2D eigenvalue weighted by molar-refractivity contribution is -0.116. The van der Waals surface area contributed by atoms with Gasteiger partial charge < -0.3 is 5.53 Å². The zero-order chi connectivity index (χ0) is 14.3. The van der Waals surface area contributed by atoms with E-state index in [9.17, 15) is 4.79 Å². The molecule has 100 valence electrons. The van der Waals surface area contributed by atoms with Crippen molar-refractivity contribution in [1.29, 1.82) is 0 Å². The van der Waals surface area contributed by atoms with Gasteiger partial charge in [-0.05, 0) is 23.0 Å². The smallest absolute Gasteiger partial charge is 0.323 e. The van der Waals surface area contributed by atoms with Crippen LogP contribution in [0.1, 0.15) is 44.7 Å². The minimum Gasteiger partial charge on any atom is -0.361 e. The summed E-state index contributed by atoms with van der Waals surface area (Å²) in [6, 6.07) is 8.41. The zero-order valence-electron chi connectivity index (χ0n) is 11.8. The van der Waals surface area contributed by atoms with Crippen molar-refractivity contribution in [1.82, 2.24) is 0 Å². The van der Waals surface area contributed by atoms with E-state index >= 15 is 0 Å². The minimum atomic E-state index is -0.171. The predicted molar refractivity (Wildman–Crippen MR) is 78.1 cm³/mol. The molecule has 19 heavy (non-hydrogen) atoms. The maximum atomic E-state index is 11.1. The van der Waals surface area contributed by atoms with Gasteiger partial charge in [0, 0.05) is 6.42 Å². The van der Waals surface area contributed by atoms with Crippen LogP contribution < -0.4 is 0 Å². The number of carbonyl (C=O) groups is 1. The van der Waals surface area contributed by atoms with Gasteiger partial charge in [-0.3, -0.25) is 4.79 Å². The Labute approximate surface area is 114 Å². The average molecular weight is 256 g/mol. The molecule has 0 bridgehead atoms. The number of hydrogen-bond donors (Lipinski definition) is 0. The van der Waals surface area contributed by atoms with Crippen LogP contribution in [0.2, 0.25) is 0 Å². The van der Waals surface area contributed by atoms with Gasteiger partial charge in [0.05, 0.1) is 0 Å². The van der Waals surface area contributed by atoms with Crippen molar-refractivity contribution < 1.29 is 9.58 Å². The highest BCUT2D eigenvalue weighted by Gasteiger charge is 2.12. The highest BCUT2D eigenvalue weighted by molar-refractivity contribution is 6.25. The Morgan fingerprint density at radius 2 is 1.89 bits per heavy atom. The number of rotatable bonds is 5. The van der Waals surface area contributed by atoms with E-state index in [1.54, 1.807) is 0 Å². The standard InChI is InChI=1S/C16H20N2O/c1-16(2,3)14-10-8-13(9-11-14)6-4-5-7-15(19)12-18-17/h4,6,8-12H,5,7H2,1-3H3/b6-4+. The first-order valence-corrected chi connectivity index (χ1v) is 6.41. The molecule has 0 aliphatic rings. The normalized spacial score (nSPS) is 11.3. The van der Waals surface area contributed by atoms with Crippen LogP contribution in [0.5, 0.6) is 0 Å². The molecule has 0 saturated carbocycles. The predicted octanol–water partition coefficient (Wildman–Crippen LogP) is 3.65. The molecule has 0 fully saturated rings. The van der Waals surface area contributed by atoms with Gasteiger partial charge in [0.15, 0.2) is 0 Å². The number of carbonyl (C=O) groups excluding carboxylic acids is 1. The third-order valence-corrected chi connectivity index (χ3v) is 2.85. The Bertz CT molecular complexity index is 501. The monoisotopic (exact) mass is 256 g/mol. The van der Waals surface area contributed by atoms with Crippen molar-refractivity contribution in [2.45, 2.75) is 39.0 Å². The molecule has 0 heterocycles. The molecule has 0 radical (unpaired) electrons. The summed E-state index contributed by atoms with van der Waals surface area (Å²) in [7, 11) is 0. The van der Waals surface area contributed by atoms with E-state index in [4.69, 9.17) is 5.53 Å². The molecule has 0 saturated heterocycles. The van der Waals surface area contributed by atoms with Crippen molar-refractivity contribution in [2.24, 2.45) is 0 Å². The summed E-state index contributed by atoms with van der Waals surface area (Å²) < 4.78 is 0. The number of hydrogen-bond acceptors (Lipinski definition) is 1. The van der Waals surface area contributed by atoms with Gasteiger partial charge in [0.25, 0.3) is 0 Å². The van der Waals surface area contributed by atoms with Gasteiger partial charge in [-0.15, -0.1) is 0 Å². The van der Waals surface area contributed by atoms with E-state index in [-0.39, 0.29) is 11.2 Å². The summed E-state index contributed by atoms with van der Waals surface area (Å²) in [5, 5.41) is 0. The lowest BCUT2D eigenvalue weighted by Gasteiger charge is -2.18. The number of nitrogens with zero attached hydrogens (tertiary/aromatic N) is 2. The van der Waals surface area contributed by atoms with E-state index < -0.39 is 0 Å². The van der Waals surface area contributed by atoms with E-state index in [0.717, 1.165) is 11.8 Å². The number of ketones is 1. The first-order valence-electron chi connectivity index (χ1n) is 6.41. The Hall–Kier alpha value is -1.99. The molecule has 0 aliphatic heterocycles. The van der Waals surface area contributed by atoms with Crippen molar-refractivity contribution >= 4 is 18.1 Å². The molecule has 0 atom stereocenters. The molecule has 0 amide bonds. The van der Waals surface area contributed by atoms with Crippen LogP contribution in [0.15, 0.2) is 30.3 Å². The Morgan fingerprint density at radius 1 is 1.26 bits per heavy atom. The quantitative estimate of drug-likeness (QED) is 0.450. The van der Waals surface area contributed by atoms with E-state index in [2.05, 4.69) is 49.8 Å². The molecule has 1 aromatic rings.